The second kappa shape index (κ2) is 4.62. The third-order valence-electron chi connectivity index (χ3n) is 1.56. The molecule has 74 valence electrons. The Morgan fingerprint density at radius 2 is 2.00 bits per heavy atom. The quantitative estimate of drug-likeness (QED) is 0.573. The SMILES string of the molecule is NC(=NCc1ccc(Cl)cc1)C(=O)O. The predicted octanol–water partition coefficient (Wildman–Crippen LogP) is 1.28. The summed E-state index contributed by atoms with van der Waals surface area (Å²) in [6, 6.07) is 6.95. The number of hydrogen-bond donors (Lipinski definition) is 2. The van der Waals surface area contributed by atoms with E-state index in [1.807, 2.05) is 0 Å². The zero-order chi connectivity index (χ0) is 10.6. The highest BCUT2D eigenvalue weighted by Crippen LogP contribution is 2.09. The average molecular weight is 213 g/mol. The van der Waals surface area contributed by atoms with Gasteiger partial charge in [0.25, 0.3) is 0 Å². The molecule has 0 amide bonds. The maximum absolute atomic E-state index is 10.3. The van der Waals surface area contributed by atoms with Crippen molar-refractivity contribution in [3.05, 3.63) is 34.9 Å². The lowest BCUT2D eigenvalue weighted by Gasteiger charge is -1.97. The molecule has 0 bridgehead atoms. The molecule has 0 radical (unpaired) electrons. The van der Waals surface area contributed by atoms with E-state index in [4.69, 9.17) is 22.4 Å². The second-order valence-electron chi connectivity index (χ2n) is 2.63. The molecule has 3 N–H and O–H groups in total. The third-order valence-corrected chi connectivity index (χ3v) is 1.82. The van der Waals surface area contributed by atoms with Crippen molar-refractivity contribution in [2.75, 3.05) is 0 Å². The van der Waals surface area contributed by atoms with E-state index in [9.17, 15) is 4.79 Å². The van der Waals surface area contributed by atoms with E-state index in [1.165, 1.54) is 0 Å². The summed E-state index contributed by atoms with van der Waals surface area (Å²) in [4.78, 5) is 14.0. The van der Waals surface area contributed by atoms with Crippen LogP contribution in [-0.2, 0) is 11.3 Å². The van der Waals surface area contributed by atoms with Gasteiger partial charge in [0.05, 0.1) is 6.54 Å². The number of halogens is 1. The molecule has 0 fully saturated rings. The molecule has 0 aromatic heterocycles. The first-order chi connectivity index (χ1) is 6.59. The van der Waals surface area contributed by atoms with E-state index in [0.29, 0.717) is 5.02 Å². The molecule has 14 heavy (non-hydrogen) atoms. The Labute approximate surface area is 86.0 Å². The van der Waals surface area contributed by atoms with Gasteiger partial charge in [0, 0.05) is 5.02 Å². The van der Waals surface area contributed by atoms with Crippen LogP contribution in [0.5, 0.6) is 0 Å². The Morgan fingerprint density at radius 3 is 2.50 bits per heavy atom. The third kappa shape index (κ3) is 3.06. The van der Waals surface area contributed by atoms with Crippen LogP contribution in [0.4, 0.5) is 0 Å². The van der Waals surface area contributed by atoms with Gasteiger partial charge in [-0.2, -0.15) is 0 Å². The Balaban J connectivity index is 2.66. The highest BCUT2D eigenvalue weighted by atomic mass is 35.5. The number of benzene rings is 1. The fourth-order valence-corrected chi connectivity index (χ4v) is 0.960. The Bertz CT molecular complexity index is 360. The zero-order valence-electron chi connectivity index (χ0n) is 7.27. The predicted molar refractivity (Wildman–Crippen MR) is 54.4 cm³/mol. The van der Waals surface area contributed by atoms with Crippen LogP contribution in [0.15, 0.2) is 29.3 Å². The van der Waals surface area contributed by atoms with Crippen LogP contribution in [-0.4, -0.2) is 16.9 Å². The summed E-state index contributed by atoms with van der Waals surface area (Å²) in [6.07, 6.45) is 0. The van der Waals surface area contributed by atoms with E-state index in [1.54, 1.807) is 24.3 Å². The Hall–Kier alpha value is -1.55. The van der Waals surface area contributed by atoms with Crippen molar-refractivity contribution in [1.82, 2.24) is 0 Å². The van der Waals surface area contributed by atoms with Crippen LogP contribution in [0.2, 0.25) is 5.02 Å². The monoisotopic (exact) mass is 212 g/mol. The fraction of sp³-hybridized carbons (Fsp3) is 0.111. The van der Waals surface area contributed by atoms with E-state index < -0.39 is 5.97 Å². The molecule has 1 aromatic rings. The second-order valence-corrected chi connectivity index (χ2v) is 3.07. The van der Waals surface area contributed by atoms with Crippen molar-refractivity contribution in [2.24, 2.45) is 10.7 Å². The van der Waals surface area contributed by atoms with Crippen molar-refractivity contribution >= 4 is 23.4 Å². The van der Waals surface area contributed by atoms with Crippen LogP contribution in [0.3, 0.4) is 0 Å². The maximum Gasteiger partial charge on any atom is 0.370 e. The molecule has 0 spiro atoms. The largest absolute Gasteiger partial charge is 0.475 e. The van der Waals surface area contributed by atoms with Crippen LogP contribution >= 0.6 is 11.6 Å². The molecular formula is C9H9ClN2O2. The van der Waals surface area contributed by atoms with Gasteiger partial charge in [-0.05, 0) is 17.7 Å². The van der Waals surface area contributed by atoms with Gasteiger partial charge in [-0.3, -0.25) is 4.99 Å². The van der Waals surface area contributed by atoms with Gasteiger partial charge in [-0.1, -0.05) is 23.7 Å². The lowest BCUT2D eigenvalue weighted by atomic mass is 10.2. The van der Waals surface area contributed by atoms with E-state index >= 15 is 0 Å². The molecule has 0 aliphatic carbocycles. The number of carbonyl (C=O) groups is 1. The molecule has 0 atom stereocenters. The maximum atomic E-state index is 10.3. The number of aliphatic imine (C=N–C) groups is 1. The highest BCUT2D eigenvalue weighted by molar-refractivity contribution is 6.33. The summed E-state index contributed by atoms with van der Waals surface area (Å²) < 4.78 is 0. The topological polar surface area (TPSA) is 75.7 Å². The minimum absolute atomic E-state index is 0.245. The molecule has 0 unspecified atom stereocenters. The highest BCUT2D eigenvalue weighted by Gasteiger charge is 2.01. The van der Waals surface area contributed by atoms with Crippen molar-refractivity contribution in [1.29, 1.82) is 0 Å². The molecular weight excluding hydrogens is 204 g/mol. The molecule has 1 rings (SSSR count). The summed E-state index contributed by atoms with van der Waals surface area (Å²) in [5.74, 6) is -1.60. The summed E-state index contributed by atoms with van der Waals surface area (Å²) in [6.45, 7) is 0.245. The minimum atomic E-state index is -1.21. The normalized spacial score (nSPS) is 11.4. The summed E-state index contributed by atoms with van der Waals surface area (Å²) in [5.41, 5.74) is 5.98. The van der Waals surface area contributed by atoms with Crippen molar-refractivity contribution in [3.63, 3.8) is 0 Å². The molecule has 4 nitrogen and oxygen atoms in total. The molecule has 0 aliphatic heterocycles. The number of rotatable bonds is 2. The van der Waals surface area contributed by atoms with E-state index in [0.717, 1.165) is 5.56 Å². The summed E-state index contributed by atoms with van der Waals surface area (Å²) >= 11 is 5.67. The van der Waals surface area contributed by atoms with Crippen LogP contribution in [0, 0.1) is 0 Å². The molecule has 1 aromatic carbocycles. The Morgan fingerprint density at radius 1 is 1.43 bits per heavy atom. The lowest BCUT2D eigenvalue weighted by molar-refractivity contribution is -0.129. The average Bonchev–Trinajstić information content (AvgIpc) is 2.16. The molecule has 0 aliphatic rings. The van der Waals surface area contributed by atoms with Crippen LogP contribution < -0.4 is 5.73 Å². The molecule has 0 heterocycles. The fourth-order valence-electron chi connectivity index (χ4n) is 0.834. The van der Waals surface area contributed by atoms with Crippen molar-refractivity contribution < 1.29 is 9.90 Å². The number of amidine groups is 1. The number of carboxylic acids is 1. The number of nitrogens with two attached hydrogens (primary N) is 1. The van der Waals surface area contributed by atoms with Gasteiger partial charge in [0.1, 0.15) is 0 Å². The summed E-state index contributed by atoms with van der Waals surface area (Å²) in [7, 11) is 0. The first-order valence-corrected chi connectivity index (χ1v) is 4.25. The lowest BCUT2D eigenvalue weighted by Crippen LogP contribution is -2.23. The van der Waals surface area contributed by atoms with Crippen molar-refractivity contribution in [3.8, 4) is 0 Å². The van der Waals surface area contributed by atoms with Gasteiger partial charge in [0.2, 0.25) is 5.84 Å². The minimum Gasteiger partial charge on any atom is -0.475 e. The molecule has 0 saturated heterocycles. The van der Waals surface area contributed by atoms with Crippen molar-refractivity contribution in [2.45, 2.75) is 6.54 Å². The first-order valence-electron chi connectivity index (χ1n) is 3.87. The molecule has 5 heteroatoms. The van der Waals surface area contributed by atoms with Gasteiger partial charge in [0.15, 0.2) is 0 Å². The Kier molecular flexibility index (Phi) is 3.48. The van der Waals surface area contributed by atoms with Gasteiger partial charge < -0.3 is 10.8 Å². The van der Waals surface area contributed by atoms with Gasteiger partial charge >= 0.3 is 5.97 Å². The number of nitrogens with zero attached hydrogens (tertiary/aromatic N) is 1. The number of aliphatic carboxylic acids is 1. The first kappa shape index (κ1) is 10.5. The zero-order valence-corrected chi connectivity index (χ0v) is 8.03. The van der Waals surface area contributed by atoms with E-state index in [-0.39, 0.29) is 12.4 Å². The van der Waals surface area contributed by atoms with Crippen LogP contribution in [0.25, 0.3) is 0 Å². The number of hydrogen-bond acceptors (Lipinski definition) is 2. The van der Waals surface area contributed by atoms with Gasteiger partial charge in [-0.15, -0.1) is 0 Å². The van der Waals surface area contributed by atoms with Crippen LogP contribution in [0.1, 0.15) is 5.56 Å². The molecule has 0 saturated carbocycles. The smallest absolute Gasteiger partial charge is 0.370 e. The van der Waals surface area contributed by atoms with Gasteiger partial charge in [-0.25, -0.2) is 4.79 Å². The number of carboxylic acid groups (broad SMARTS) is 1. The van der Waals surface area contributed by atoms with E-state index in [2.05, 4.69) is 4.99 Å². The standard InChI is InChI=1S/C9H9ClN2O2/c10-7-3-1-6(2-4-7)5-12-8(11)9(13)14/h1-4H,5H2,(H2,11,12)(H,13,14). The summed E-state index contributed by atoms with van der Waals surface area (Å²) in [5, 5.41) is 9.06.